The molecule has 0 atom stereocenters. The van der Waals surface area contributed by atoms with Gasteiger partial charge in [0.15, 0.2) is 0 Å². The minimum Gasteiger partial charge on any atom is -0.135 e. The first kappa shape index (κ1) is 27.0. The smallest absolute Gasteiger partial charge is 0.0440 e. The van der Waals surface area contributed by atoms with E-state index in [2.05, 4.69) is 170 Å². The minimum atomic E-state index is 1.25. The summed E-state index contributed by atoms with van der Waals surface area (Å²) in [5, 5.41) is 18.3. The van der Waals surface area contributed by atoms with Gasteiger partial charge in [0, 0.05) is 25.6 Å². The van der Waals surface area contributed by atoms with Crippen molar-refractivity contribution in [2.75, 3.05) is 0 Å². The van der Waals surface area contributed by atoms with Crippen LogP contribution in [0.1, 0.15) is 0 Å². The molecule has 1 aromatic heterocycles. The van der Waals surface area contributed by atoms with Gasteiger partial charge in [0.1, 0.15) is 0 Å². The predicted molar refractivity (Wildman–Crippen MR) is 215 cm³/mol. The van der Waals surface area contributed by atoms with E-state index in [1.165, 1.54) is 107 Å². The van der Waals surface area contributed by atoms with E-state index in [0.29, 0.717) is 0 Å². The summed E-state index contributed by atoms with van der Waals surface area (Å²) in [6.07, 6.45) is 0. The molecule has 0 aliphatic rings. The zero-order valence-corrected chi connectivity index (χ0v) is 27.4. The van der Waals surface area contributed by atoms with Crippen LogP contribution < -0.4 is 0 Å². The van der Waals surface area contributed by atoms with Gasteiger partial charge < -0.3 is 0 Å². The third-order valence-electron chi connectivity index (χ3n) is 10.6. The topological polar surface area (TPSA) is 0 Å². The van der Waals surface area contributed by atoms with E-state index >= 15 is 0 Å². The van der Waals surface area contributed by atoms with Crippen molar-refractivity contribution in [2.24, 2.45) is 0 Å². The summed E-state index contributed by atoms with van der Waals surface area (Å²) >= 11 is 1.92. The van der Waals surface area contributed by atoms with E-state index in [9.17, 15) is 0 Å². The van der Waals surface area contributed by atoms with E-state index in [-0.39, 0.29) is 0 Å². The third kappa shape index (κ3) is 3.85. The molecule has 1 heteroatoms. The maximum Gasteiger partial charge on any atom is 0.0440 e. The van der Waals surface area contributed by atoms with Crippen LogP contribution in [0.25, 0.3) is 107 Å². The van der Waals surface area contributed by atoms with Crippen molar-refractivity contribution in [3.63, 3.8) is 0 Å². The van der Waals surface area contributed by atoms with Gasteiger partial charge in [-0.15, -0.1) is 11.3 Å². The normalized spacial score (nSPS) is 12.1. The average molecular weight is 637 g/mol. The second-order valence-corrected chi connectivity index (χ2v) is 14.2. The van der Waals surface area contributed by atoms with Gasteiger partial charge in [0.05, 0.1) is 0 Å². The van der Waals surface area contributed by atoms with Crippen molar-refractivity contribution in [1.82, 2.24) is 0 Å². The van der Waals surface area contributed by atoms with Crippen molar-refractivity contribution < 1.29 is 0 Å². The largest absolute Gasteiger partial charge is 0.135 e. The highest BCUT2D eigenvalue weighted by Crippen LogP contribution is 2.48. The van der Waals surface area contributed by atoms with Gasteiger partial charge in [-0.2, -0.15) is 0 Å². The highest BCUT2D eigenvalue weighted by atomic mass is 32.1. The van der Waals surface area contributed by atoms with Crippen molar-refractivity contribution in [2.45, 2.75) is 0 Å². The number of hydrogen-bond donors (Lipinski definition) is 0. The van der Waals surface area contributed by atoms with Crippen molar-refractivity contribution in [3.05, 3.63) is 170 Å². The summed E-state index contributed by atoms with van der Waals surface area (Å²) < 4.78 is 2.70. The molecule has 11 aromatic rings. The third-order valence-corrected chi connectivity index (χ3v) is 11.8. The second kappa shape index (κ2) is 10.2. The zero-order chi connectivity index (χ0) is 32.1. The first-order valence-electron chi connectivity index (χ1n) is 16.9. The molecule has 0 radical (unpaired) electrons. The van der Waals surface area contributed by atoms with Crippen LogP contribution in [-0.2, 0) is 0 Å². The Labute approximate surface area is 287 Å². The van der Waals surface area contributed by atoms with Crippen LogP contribution in [0.4, 0.5) is 0 Å². The van der Waals surface area contributed by atoms with Gasteiger partial charge in [-0.05, 0) is 99.7 Å². The number of rotatable bonds is 2. The van der Waals surface area contributed by atoms with Gasteiger partial charge in [-0.3, -0.25) is 0 Å². The highest BCUT2D eigenvalue weighted by Gasteiger charge is 2.19. The van der Waals surface area contributed by atoms with E-state index < -0.39 is 0 Å². The predicted octanol–water partition coefficient (Wildman–Crippen LogP) is 14.3. The highest BCUT2D eigenvalue weighted by molar-refractivity contribution is 7.27. The number of benzene rings is 10. The molecule has 0 saturated heterocycles. The van der Waals surface area contributed by atoms with Gasteiger partial charge in [-0.25, -0.2) is 0 Å². The Morgan fingerprint density at radius 3 is 1.35 bits per heavy atom. The number of thiophene rings is 1. The van der Waals surface area contributed by atoms with Crippen LogP contribution >= 0.6 is 11.3 Å². The summed E-state index contributed by atoms with van der Waals surface area (Å²) in [5.74, 6) is 0. The van der Waals surface area contributed by atoms with Crippen LogP contribution in [0.15, 0.2) is 170 Å². The molecule has 0 aliphatic carbocycles. The summed E-state index contributed by atoms with van der Waals surface area (Å²) in [4.78, 5) is 0. The first-order valence-corrected chi connectivity index (χ1v) is 17.7. The van der Waals surface area contributed by atoms with Gasteiger partial charge in [0.2, 0.25) is 0 Å². The van der Waals surface area contributed by atoms with E-state index in [1.807, 2.05) is 11.3 Å². The average Bonchev–Trinajstić information content (AvgIpc) is 3.56. The zero-order valence-electron chi connectivity index (χ0n) is 26.6. The summed E-state index contributed by atoms with van der Waals surface area (Å²) in [7, 11) is 0. The summed E-state index contributed by atoms with van der Waals surface area (Å²) in [6.45, 7) is 0. The standard InChI is InChI=1S/C48H28S/c1-2-12-33-29(11-1)21-22-30-23-24-31(27-42(30)33)45-37-16-6-8-18-39(37)46(40-19-9-7-17-38(40)45)32-25-26-44-43(28-32)47-36-15-5-3-13-34(36)35-14-4-10-20-41(35)48(47)49-44/h1-28H. The molecule has 226 valence electrons. The monoisotopic (exact) mass is 636 g/mol. The van der Waals surface area contributed by atoms with Crippen molar-refractivity contribution in [1.29, 1.82) is 0 Å². The molecule has 0 saturated carbocycles. The molecule has 0 spiro atoms. The van der Waals surface area contributed by atoms with Crippen LogP contribution in [0.5, 0.6) is 0 Å². The molecule has 0 N–H and O–H groups in total. The van der Waals surface area contributed by atoms with Gasteiger partial charge in [-0.1, -0.05) is 152 Å². The van der Waals surface area contributed by atoms with Gasteiger partial charge >= 0.3 is 0 Å². The Balaban J connectivity index is 1.23. The molecule has 0 fully saturated rings. The minimum absolute atomic E-state index is 1.25. The van der Waals surface area contributed by atoms with Crippen LogP contribution in [0, 0.1) is 0 Å². The lowest BCUT2D eigenvalue weighted by Gasteiger charge is -2.18. The summed E-state index contributed by atoms with van der Waals surface area (Å²) in [5.41, 5.74) is 5.10. The molecule has 0 bridgehead atoms. The lowest BCUT2D eigenvalue weighted by molar-refractivity contribution is 1.69. The molecule has 10 aromatic carbocycles. The fraction of sp³-hybridized carbons (Fsp3) is 0. The van der Waals surface area contributed by atoms with Crippen LogP contribution in [0.3, 0.4) is 0 Å². The Morgan fingerprint density at radius 1 is 0.286 bits per heavy atom. The Hall–Kier alpha value is -6.02. The van der Waals surface area contributed by atoms with Crippen molar-refractivity contribution in [3.8, 4) is 22.3 Å². The maximum absolute atomic E-state index is 2.46. The molecule has 0 unspecified atom stereocenters. The molecule has 0 nitrogen and oxygen atoms in total. The first-order chi connectivity index (χ1) is 24.3. The molecular weight excluding hydrogens is 609 g/mol. The lowest BCUT2D eigenvalue weighted by atomic mass is 9.85. The molecule has 11 rings (SSSR count). The quantitative estimate of drug-likeness (QED) is 0.131. The number of fused-ring (bicyclic) bond motifs is 13. The maximum atomic E-state index is 2.46. The molecule has 0 aliphatic heterocycles. The van der Waals surface area contributed by atoms with Crippen LogP contribution in [-0.4, -0.2) is 0 Å². The number of hydrogen-bond acceptors (Lipinski definition) is 1. The fourth-order valence-corrected chi connectivity index (χ4v) is 9.71. The van der Waals surface area contributed by atoms with E-state index in [4.69, 9.17) is 0 Å². The lowest BCUT2D eigenvalue weighted by Crippen LogP contribution is -1.91. The van der Waals surface area contributed by atoms with Gasteiger partial charge in [0.25, 0.3) is 0 Å². The molecule has 49 heavy (non-hydrogen) atoms. The molecular formula is C48H28S. The second-order valence-electron chi connectivity index (χ2n) is 13.2. The van der Waals surface area contributed by atoms with Crippen LogP contribution in [0.2, 0.25) is 0 Å². The SMILES string of the molecule is c1ccc2c(c1)ccc1ccc(-c3c4ccccc4c(-c4ccc5sc6c7ccccc7c7ccccc7c6c5c4)c4ccccc34)cc12. The Kier molecular flexibility index (Phi) is 5.64. The fourth-order valence-electron chi connectivity index (χ4n) is 8.47. The van der Waals surface area contributed by atoms with E-state index in [0.717, 1.165) is 0 Å². The summed E-state index contributed by atoms with van der Waals surface area (Å²) in [6, 6.07) is 63.2. The Bertz CT molecular complexity index is 3100. The Morgan fingerprint density at radius 2 is 0.714 bits per heavy atom. The van der Waals surface area contributed by atoms with E-state index in [1.54, 1.807) is 0 Å². The molecule has 0 amide bonds. The van der Waals surface area contributed by atoms with Crippen molar-refractivity contribution >= 4 is 96.1 Å². The molecule has 1 heterocycles.